The number of rotatable bonds is 23. The zero-order valence-electron chi connectivity index (χ0n) is 47.3. The minimum Gasteiger partial charge on any atom is -0.479 e. The van der Waals surface area contributed by atoms with Gasteiger partial charge in [-0.1, -0.05) is 112 Å². The Hall–Kier alpha value is -6.06. The zero-order chi connectivity index (χ0) is 61.8. The van der Waals surface area contributed by atoms with Crippen LogP contribution in [0.2, 0.25) is 0 Å². The van der Waals surface area contributed by atoms with E-state index in [0.717, 1.165) is 103 Å². The summed E-state index contributed by atoms with van der Waals surface area (Å²) in [5, 5.41) is 43.1. The molecule has 12 rings (SSSR count). The molecule has 2 aromatic heterocycles. The average molecular weight is 1340 g/mol. The number of fused-ring (bicyclic) bond motifs is 3. The highest BCUT2D eigenvalue weighted by Crippen LogP contribution is 2.42. The fourth-order valence-electron chi connectivity index (χ4n) is 10.5. The lowest BCUT2D eigenvalue weighted by Crippen LogP contribution is -2.37. The number of anilines is 1. The van der Waals surface area contributed by atoms with E-state index in [1.807, 2.05) is 73.0 Å². The molecule has 3 aliphatic heterocycles. The molecule has 4 aromatic carbocycles. The Balaban J connectivity index is 0.000000146. The number of carboxylic acids is 3. The van der Waals surface area contributed by atoms with Gasteiger partial charge >= 0.3 is 17.9 Å². The van der Waals surface area contributed by atoms with Crippen LogP contribution in [-0.4, -0.2) is 138 Å². The Morgan fingerprint density at radius 2 is 1.02 bits per heavy atom. The second kappa shape index (κ2) is 29.7. The molecule has 0 radical (unpaired) electrons. The van der Waals surface area contributed by atoms with Crippen molar-refractivity contribution in [2.75, 3.05) is 57.6 Å². The van der Waals surface area contributed by atoms with Crippen molar-refractivity contribution in [1.29, 1.82) is 0 Å². The third-order valence-corrected chi connectivity index (χ3v) is 23.8. The molecule has 0 bridgehead atoms. The van der Waals surface area contributed by atoms with E-state index in [9.17, 15) is 47.7 Å². The number of carboxylic acid groups (broad SMARTS) is 3. The van der Waals surface area contributed by atoms with E-state index in [4.69, 9.17) is 0 Å². The van der Waals surface area contributed by atoms with Crippen LogP contribution in [0.3, 0.4) is 0 Å². The number of nitrogens with zero attached hydrogens (tertiary/aromatic N) is 6. The van der Waals surface area contributed by atoms with Crippen molar-refractivity contribution >= 4 is 157 Å². The van der Waals surface area contributed by atoms with Crippen LogP contribution < -0.4 is 5.32 Å². The number of thioether (sulfide) groups is 7. The Morgan fingerprint density at radius 1 is 0.568 bits per heavy atom. The third kappa shape index (κ3) is 16.9. The first-order chi connectivity index (χ1) is 42.4. The quantitative estimate of drug-likeness (QED) is 0.0346. The molecule has 3 atom stereocenters. The van der Waals surface area contributed by atoms with Gasteiger partial charge in [-0.15, -0.1) is 57.2 Å². The fraction of sp³-hybridized carbons (Fsp3) is 0.302. The minimum absolute atomic E-state index is 0.106. The normalized spacial score (nSPS) is 20.2. The van der Waals surface area contributed by atoms with Crippen LogP contribution in [0.5, 0.6) is 0 Å². The molecule has 4 N–H and O–H groups in total. The van der Waals surface area contributed by atoms with Gasteiger partial charge in [0, 0.05) is 71.4 Å². The molecule has 3 aliphatic carbocycles. The highest BCUT2D eigenvalue weighted by atomic mass is 32.2. The van der Waals surface area contributed by atoms with Crippen LogP contribution >= 0.6 is 93.7 Å². The van der Waals surface area contributed by atoms with E-state index < -0.39 is 34.5 Å². The average Bonchev–Trinajstić information content (AvgIpc) is 2.78. The SMILES string of the molecule is CSc1nnc(SCC2=NC(CC3=Cc4ccc(F)cc4C3)(C(=O)O)CS2)s1.O=C(CSCC1=NC(CC2=Cc3ccc(F)cc3C2)(C(=O)O)CS1)Nc1ccccc1.O=C(O)C1(CC2=Cc3ccc(F)cc3C2)CSC(CSCCc2ccccn2)=N1. The van der Waals surface area contributed by atoms with Gasteiger partial charge in [-0.05, 0) is 132 Å². The lowest BCUT2D eigenvalue weighted by Gasteiger charge is -2.20. The summed E-state index contributed by atoms with van der Waals surface area (Å²) in [5.41, 5.74) is 6.83. The van der Waals surface area contributed by atoms with Gasteiger partial charge in [-0.25, -0.2) is 27.6 Å². The molecule has 25 heteroatoms. The Morgan fingerprint density at radius 3 is 1.47 bits per heavy atom. The van der Waals surface area contributed by atoms with Crippen molar-refractivity contribution in [3.63, 3.8) is 0 Å². The summed E-state index contributed by atoms with van der Waals surface area (Å²) in [4.78, 5) is 66.4. The molecule has 456 valence electrons. The summed E-state index contributed by atoms with van der Waals surface area (Å²) < 4.78 is 42.1. The molecule has 14 nitrogen and oxygen atoms in total. The van der Waals surface area contributed by atoms with Crippen molar-refractivity contribution in [1.82, 2.24) is 15.2 Å². The van der Waals surface area contributed by atoms with Crippen LogP contribution in [0.1, 0.15) is 58.3 Å². The summed E-state index contributed by atoms with van der Waals surface area (Å²) in [6.45, 7) is 0. The van der Waals surface area contributed by atoms with Crippen LogP contribution in [0, 0.1) is 17.5 Å². The van der Waals surface area contributed by atoms with E-state index >= 15 is 0 Å². The lowest BCUT2D eigenvalue weighted by molar-refractivity contribution is -0.143. The number of aryl methyl sites for hydroxylation is 1. The Bertz CT molecular complexity index is 3810. The Labute approximate surface area is 540 Å². The number of aliphatic imine (C=N–C) groups is 3. The molecular weight excluding hydrogens is 1280 g/mol. The largest absolute Gasteiger partial charge is 0.479 e. The first-order valence-corrected chi connectivity index (χ1v) is 35.9. The molecule has 5 heterocycles. The molecule has 0 saturated heterocycles. The van der Waals surface area contributed by atoms with Crippen LogP contribution in [0.15, 0.2) is 150 Å². The van der Waals surface area contributed by atoms with Crippen molar-refractivity contribution < 1.29 is 47.7 Å². The molecule has 0 fully saturated rings. The molecular formula is C63H58F3N7O7S8. The number of pyridine rings is 1. The summed E-state index contributed by atoms with van der Waals surface area (Å²) in [7, 11) is 0. The van der Waals surface area contributed by atoms with Crippen LogP contribution in [-0.2, 0) is 44.9 Å². The van der Waals surface area contributed by atoms with E-state index in [1.54, 1.807) is 47.9 Å². The van der Waals surface area contributed by atoms with Gasteiger partial charge in [0.25, 0.3) is 0 Å². The topological polar surface area (TPSA) is 217 Å². The van der Waals surface area contributed by atoms with E-state index in [1.165, 1.54) is 107 Å². The van der Waals surface area contributed by atoms with Gasteiger partial charge in [0.1, 0.15) is 17.5 Å². The van der Waals surface area contributed by atoms with Gasteiger partial charge < -0.3 is 20.6 Å². The van der Waals surface area contributed by atoms with Gasteiger partial charge in [0.05, 0.1) is 20.9 Å². The number of amides is 1. The van der Waals surface area contributed by atoms with Crippen molar-refractivity contribution in [2.24, 2.45) is 15.0 Å². The minimum atomic E-state index is -1.21. The standard InChI is InChI=1S/C23H21FN2O3S2.C22H21FN2O2S2.C18H16FN3O2S4/c24-18-7-6-16-8-15(9-17(16)10-18)11-23(22(28)29)14-31-21(26-23)13-30-12-20(27)25-19-4-2-1-3-5-19;23-18-5-4-16-9-15(10-17(16)11-18)12-22(21(26)27)14-29-20(25-22)13-28-8-6-19-3-1-2-7-24-19;1-25-16-21-22-17(28-16)26-8-14-20-18(9-27-14,15(23)24)7-10-4-11-2-3-13(19)6-12(11)5-10/h1-8,10H,9,11-14H2,(H,25,27)(H,28,29);1-5,7,9,11H,6,8,10,12-14H2,(H,26,27);2-4,6H,5,7-9H2,1H3,(H,23,24). The molecule has 3 unspecified atom stereocenters. The number of para-hydroxylation sites is 1. The number of hydrogen-bond acceptors (Lipinski definition) is 18. The molecule has 88 heavy (non-hydrogen) atoms. The number of nitrogens with one attached hydrogen (secondary N) is 1. The Kier molecular flexibility index (Phi) is 21.9. The fourth-order valence-corrected chi connectivity index (χ4v) is 18.5. The number of halogens is 3. The summed E-state index contributed by atoms with van der Waals surface area (Å²) in [6, 6.07) is 29.2. The van der Waals surface area contributed by atoms with Crippen molar-refractivity contribution in [2.45, 2.75) is 70.2 Å². The van der Waals surface area contributed by atoms with Gasteiger partial charge in [-0.3, -0.25) is 24.8 Å². The smallest absolute Gasteiger partial charge is 0.332 e. The van der Waals surface area contributed by atoms with Crippen LogP contribution in [0.25, 0.3) is 18.2 Å². The number of hydrogen-bond donors (Lipinski definition) is 4. The second-order valence-electron chi connectivity index (χ2n) is 21.2. The maximum Gasteiger partial charge on any atom is 0.332 e. The molecule has 6 aromatic rings. The highest BCUT2D eigenvalue weighted by Gasteiger charge is 2.46. The lowest BCUT2D eigenvalue weighted by atomic mass is 9.92. The zero-order valence-corrected chi connectivity index (χ0v) is 53.8. The first kappa shape index (κ1) is 64.9. The molecule has 1 amide bonds. The van der Waals surface area contributed by atoms with Crippen molar-refractivity contribution in [3.05, 3.63) is 183 Å². The monoisotopic (exact) mass is 1340 g/mol. The summed E-state index contributed by atoms with van der Waals surface area (Å²) in [5.74, 6) is 0.526. The highest BCUT2D eigenvalue weighted by molar-refractivity contribution is 8.17. The van der Waals surface area contributed by atoms with Crippen molar-refractivity contribution in [3.8, 4) is 0 Å². The van der Waals surface area contributed by atoms with E-state index in [0.29, 0.717) is 67.3 Å². The summed E-state index contributed by atoms with van der Waals surface area (Å²) in [6.07, 6.45) is 13.3. The molecule has 6 aliphatic rings. The van der Waals surface area contributed by atoms with E-state index in [2.05, 4.69) is 35.5 Å². The van der Waals surface area contributed by atoms with Crippen LogP contribution in [0.4, 0.5) is 18.9 Å². The number of carbonyl (C=O) groups excluding carboxylic acids is 1. The maximum atomic E-state index is 13.5. The van der Waals surface area contributed by atoms with E-state index in [-0.39, 0.29) is 29.1 Å². The predicted molar refractivity (Wildman–Crippen MR) is 359 cm³/mol. The number of aliphatic carboxylic acids is 3. The predicted octanol–water partition coefficient (Wildman–Crippen LogP) is 13.5. The maximum absolute atomic E-state index is 13.5. The first-order valence-electron chi connectivity index (χ1n) is 27.6. The third-order valence-electron chi connectivity index (χ3n) is 14.7. The van der Waals surface area contributed by atoms with Gasteiger partial charge in [-0.2, -0.15) is 11.8 Å². The molecule has 0 saturated carbocycles. The number of aromatic nitrogens is 3. The number of carbonyl (C=O) groups is 4. The van der Waals surface area contributed by atoms with Gasteiger partial charge in [0.15, 0.2) is 25.3 Å². The molecule has 0 spiro atoms. The number of benzene rings is 4. The summed E-state index contributed by atoms with van der Waals surface area (Å²) >= 11 is 12.2. The second-order valence-corrected chi connectivity index (χ2v) is 29.7. The van der Waals surface area contributed by atoms with Gasteiger partial charge in [0.2, 0.25) is 5.91 Å².